The minimum absolute atomic E-state index is 0.0587. The number of nitrogens with zero attached hydrogens (tertiary/aromatic N) is 3. The summed E-state index contributed by atoms with van der Waals surface area (Å²) in [5, 5.41) is 4.60. The van der Waals surface area contributed by atoms with Crippen molar-refractivity contribution in [3.63, 3.8) is 0 Å². The lowest BCUT2D eigenvalue weighted by Crippen LogP contribution is -2.16. The number of aromatic nitrogens is 4. The maximum absolute atomic E-state index is 11.3. The number of aryl methyl sites for hydroxylation is 1. The highest BCUT2D eigenvalue weighted by Crippen LogP contribution is 2.33. The molecule has 0 saturated heterocycles. The number of nitrogens with two attached hydrogens (primary N) is 1. The van der Waals surface area contributed by atoms with Crippen LogP contribution in [-0.4, -0.2) is 25.7 Å². The molecule has 24 heavy (non-hydrogen) atoms. The number of amides is 1. The molecule has 3 aromatic rings. The summed E-state index contributed by atoms with van der Waals surface area (Å²) in [5.74, 6) is 0.857. The largest absolute Gasteiger partial charge is 0.369 e. The fourth-order valence-electron chi connectivity index (χ4n) is 3.44. The number of rotatable bonds is 4. The molecule has 6 heteroatoms. The first-order valence-electron chi connectivity index (χ1n) is 8.06. The lowest BCUT2D eigenvalue weighted by Gasteiger charge is -2.12. The van der Waals surface area contributed by atoms with Gasteiger partial charge in [0.05, 0.1) is 12.5 Å². The Bertz CT molecular complexity index is 883. The van der Waals surface area contributed by atoms with E-state index in [1.807, 2.05) is 23.9 Å². The molecule has 0 bridgehead atoms. The van der Waals surface area contributed by atoms with E-state index in [0.717, 1.165) is 29.9 Å². The van der Waals surface area contributed by atoms with Gasteiger partial charge in [-0.3, -0.25) is 4.79 Å². The number of fused-ring (bicyclic) bond motifs is 1. The Balaban J connectivity index is 1.76. The highest BCUT2D eigenvalue weighted by atomic mass is 16.1. The molecule has 0 fully saturated rings. The van der Waals surface area contributed by atoms with Gasteiger partial charge in [0.15, 0.2) is 11.6 Å². The molecule has 1 aliphatic carbocycles. The Kier molecular flexibility index (Phi) is 3.45. The van der Waals surface area contributed by atoms with Crippen LogP contribution in [0.2, 0.25) is 0 Å². The molecule has 1 aliphatic rings. The summed E-state index contributed by atoms with van der Waals surface area (Å²) in [7, 11) is 0. The standard InChI is InChI=1S/C18H19N5O/c1-11-15(6-7-20-11)18-21-17(10-16(19)24)22-23(18)14-8-12-4-2-3-5-13(12)9-14/h2-7,14,20H,8-10H2,1H3,(H2,19,24). The van der Waals surface area contributed by atoms with Crippen LogP contribution in [0.3, 0.4) is 0 Å². The number of H-pyrrole nitrogens is 1. The van der Waals surface area contributed by atoms with E-state index in [0.29, 0.717) is 5.82 Å². The van der Waals surface area contributed by atoms with E-state index in [-0.39, 0.29) is 12.5 Å². The van der Waals surface area contributed by atoms with Crippen molar-refractivity contribution in [2.45, 2.75) is 32.2 Å². The second-order valence-electron chi connectivity index (χ2n) is 6.29. The van der Waals surface area contributed by atoms with Crippen LogP contribution in [0.15, 0.2) is 36.5 Å². The Morgan fingerprint density at radius 3 is 2.58 bits per heavy atom. The van der Waals surface area contributed by atoms with Crippen molar-refractivity contribution in [1.82, 2.24) is 19.7 Å². The van der Waals surface area contributed by atoms with Crippen molar-refractivity contribution in [2.24, 2.45) is 5.73 Å². The third-order valence-corrected chi connectivity index (χ3v) is 4.58. The van der Waals surface area contributed by atoms with Crippen molar-refractivity contribution in [1.29, 1.82) is 0 Å². The third kappa shape index (κ3) is 2.50. The molecule has 4 rings (SSSR count). The summed E-state index contributed by atoms with van der Waals surface area (Å²) >= 11 is 0. The SMILES string of the molecule is Cc1[nH]ccc1-c1nc(CC(N)=O)nn1C1Cc2ccccc2C1. The molecule has 0 aliphatic heterocycles. The van der Waals surface area contributed by atoms with Crippen molar-refractivity contribution < 1.29 is 4.79 Å². The number of hydrogen-bond donors (Lipinski definition) is 2. The van der Waals surface area contributed by atoms with E-state index in [2.05, 4.69) is 39.3 Å². The fourth-order valence-corrected chi connectivity index (χ4v) is 3.44. The topological polar surface area (TPSA) is 89.6 Å². The number of nitrogens with one attached hydrogen (secondary N) is 1. The van der Waals surface area contributed by atoms with Crippen molar-refractivity contribution >= 4 is 5.91 Å². The van der Waals surface area contributed by atoms with E-state index in [1.165, 1.54) is 11.1 Å². The van der Waals surface area contributed by atoms with Gasteiger partial charge in [-0.25, -0.2) is 9.67 Å². The van der Waals surface area contributed by atoms with Gasteiger partial charge in [0.2, 0.25) is 5.91 Å². The van der Waals surface area contributed by atoms with Gasteiger partial charge in [0.1, 0.15) is 0 Å². The van der Waals surface area contributed by atoms with Crippen LogP contribution in [0.5, 0.6) is 0 Å². The van der Waals surface area contributed by atoms with Gasteiger partial charge in [-0.15, -0.1) is 0 Å². The lowest BCUT2D eigenvalue weighted by atomic mass is 10.1. The zero-order valence-electron chi connectivity index (χ0n) is 13.5. The molecule has 2 aromatic heterocycles. The second kappa shape index (κ2) is 5.63. The molecule has 1 amide bonds. The normalized spacial score (nSPS) is 14.0. The number of aromatic amines is 1. The number of benzene rings is 1. The summed E-state index contributed by atoms with van der Waals surface area (Å²) < 4.78 is 1.97. The maximum Gasteiger partial charge on any atom is 0.225 e. The quantitative estimate of drug-likeness (QED) is 0.769. The zero-order valence-corrected chi connectivity index (χ0v) is 13.5. The Morgan fingerprint density at radius 1 is 1.29 bits per heavy atom. The van der Waals surface area contributed by atoms with Crippen LogP contribution in [0.1, 0.15) is 28.7 Å². The van der Waals surface area contributed by atoms with Crippen LogP contribution in [0.4, 0.5) is 0 Å². The minimum atomic E-state index is -0.417. The van der Waals surface area contributed by atoms with Gasteiger partial charge >= 0.3 is 0 Å². The van der Waals surface area contributed by atoms with Gasteiger partial charge in [-0.05, 0) is 37.0 Å². The predicted octanol–water partition coefficient (Wildman–Crippen LogP) is 1.95. The average Bonchev–Trinajstić information content (AvgIpc) is 3.23. The van der Waals surface area contributed by atoms with Crippen LogP contribution in [0, 0.1) is 6.92 Å². The monoisotopic (exact) mass is 321 g/mol. The lowest BCUT2D eigenvalue weighted by molar-refractivity contribution is -0.117. The minimum Gasteiger partial charge on any atom is -0.369 e. The summed E-state index contributed by atoms with van der Waals surface area (Å²) in [6.45, 7) is 2.01. The molecular formula is C18H19N5O. The van der Waals surface area contributed by atoms with Gasteiger partial charge in [0, 0.05) is 17.5 Å². The second-order valence-corrected chi connectivity index (χ2v) is 6.29. The smallest absolute Gasteiger partial charge is 0.225 e. The van der Waals surface area contributed by atoms with Crippen molar-refractivity contribution in [3.8, 4) is 11.4 Å². The number of carbonyl (C=O) groups excluding carboxylic acids is 1. The summed E-state index contributed by atoms with van der Waals surface area (Å²) in [4.78, 5) is 19.0. The van der Waals surface area contributed by atoms with Crippen LogP contribution < -0.4 is 5.73 Å². The average molecular weight is 321 g/mol. The van der Waals surface area contributed by atoms with Gasteiger partial charge in [-0.2, -0.15) is 5.10 Å². The van der Waals surface area contributed by atoms with Crippen LogP contribution in [-0.2, 0) is 24.1 Å². The Hall–Kier alpha value is -2.89. The number of carbonyl (C=O) groups is 1. The maximum atomic E-state index is 11.3. The molecule has 2 heterocycles. The van der Waals surface area contributed by atoms with Gasteiger partial charge < -0.3 is 10.7 Å². The van der Waals surface area contributed by atoms with Gasteiger partial charge in [0.25, 0.3) is 0 Å². The third-order valence-electron chi connectivity index (χ3n) is 4.58. The number of hydrogen-bond acceptors (Lipinski definition) is 3. The van der Waals surface area contributed by atoms with E-state index in [9.17, 15) is 4.79 Å². The molecule has 0 radical (unpaired) electrons. The number of primary amides is 1. The van der Waals surface area contributed by atoms with E-state index in [4.69, 9.17) is 5.73 Å². The fraction of sp³-hybridized carbons (Fsp3) is 0.278. The Labute approximate surface area is 139 Å². The first-order chi connectivity index (χ1) is 11.6. The first kappa shape index (κ1) is 14.7. The van der Waals surface area contributed by atoms with E-state index >= 15 is 0 Å². The molecule has 3 N–H and O–H groups in total. The first-order valence-corrected chi connectivity index (χ1v) is 8.06. The summed E-state index contributed by atoms with van der Waals surface area (Å²) in [6, 6.07) is 10.7. The molecule has 0 spiro atoms. The highest BCUT2D eigenvalue weighted by molar-refractivity contribution is 5.75. The van der Waals surface area contributed by atoms with Crippen molar-refractivity contribution in [2.75, 3.05) is 0 Å². The Morgan fingerprint density at radius 2 is 2.00 bits per heavy atom. The molecule has 0 saturated carbocycles. The van der Waals surface area contributed by atoms with E-state index < -0.39 is 5.91 Å². The summed E-state index contributed by atoms with van der Waals surface area (Å²) in [5.41, 5.74) is 10.1. The van der Waals surface area contributed by atoms with E-state index in [1.54, 1.807) is 0 Å². The molecule has 1 aromatic carbocycles. The van der Waals surface area contributed by atoms with Crippen LogP contribution in [0.25, 0.3) is 11.4 Å². The highest BCUT2D eigenvalue weighted by Gasteiger charge is 2.27. The molecule has 0 unspecified atom stereocenters. The molecule has 6 nitrogen and oxygen atoms in total. The van der Waals surface area contributed by atoms with Crippen molar-refractivity contribution in [3.05, 3.63) is 59.2 Å². The van der Waals surface area contributed by atoms with Crippen LogP contribution >= 0.6 is 0 Å². The molecular weight excluding hydrogens is 302 g/mol. The summed E-state index contributed by atoms with van der Waals surface area (Å²) in [6.07, 6.45) is 3.79. The van der Waals surface area contributed by atoms with Gasteiger partial charge in [-0.1, -0.05) is 24.3 Å². The predicted molar refractivity (Wildman–Crippen MR) is 90.3 cm³/mol. The molecule has 122 valence electrons. The molecule has 0 atom stereocenters. The zero-order chi connectivity index (χ0) is 16.7.